The molecule has 1 heterocycles. The second-order valence-corrected chi connectivity index (χ2v) is 6.64. The van der Waals surface area contributed by atoms with Gasteiger partial charge in [0, 0.05) is 6.21 Å². The minimum Gasteiger partial charge on any atom is -0.317 e. The monoisotopic (exact) mass is 216 g/mol. The van der Waals surface area contributed by atoms with E-state index in [1.54, 1.807) is 0 Å². The van der Waals surface area contributed by atoms with E-state index in [4.69, 9.17) is 0 Å². The number of piperidine rings is 1. The molecule has 0 aromatic heterocycles. The zero-order valence-electron chi connectivity index (χ0n) is 9.25. The van der Waals surface area contributed by atoms with Crippen molar-refractivity contribution in [3.8, 4) is 0 Å². The second-order valence-electron chi connectivity index (χ2n) is 4.70. The minimum atomic E-state index is -1.09. The zero-order chi connectivity index (χ0) is 10.6. The molecule has 1 N–H and O–H groups in total. The van der Waals surface area contributed by atoms with Gasteiger partial charge in [-0.3, -0.25) is 0 Å². The third-order valence-corrected chi connectivity index (χ3v) is 3.64. The van der Waals surface area contributed by atoms with Gasteiger partial charge in [-0.05, 0) is 52.6 Å². The molecule has 82 valence electrons. The van der Waals surface area contributed by atoms with Crippen LogP contribution in [0.2, 0.25) is 0 Å². The summed E-state index contributed by atoms with van der Waals surface area (Å²) in [7, 11) is -1.09. The topological polar surface area (TPSA) is 41.5 Å². The van der Waals surface area contributed by atoms with E-state index in [-0.39, 0.29) is 4.75 Å². The Hall–Kier alpha value is -0.220. The average Bonchev–Trinajstić information content (AvgIpc) is 2.14. The molecule has 0 radical (unpaired) electrons. The summed E-state index contributed by atoms with van der Waals surface area (Å²) < 4.78 is 15.5. The van der Waals surface area contributed by atoms with Gasteiger partial charge in [-0.25, -0.2) is 4.21 Å². The number of nitrogens with zero attached hydrogens (tertiary/aromatic N) is 1. The molecule has 0 aromatic carbocycles. The third-order valence-electron chi connectivity index (χ3n) is 2.28. The number of rotatable bonds is 2. The van der Waals surface area contributed by atoms with Gasteiger partial charge in [0.05, 0.1) is 4.75 Å². The van der Waals surface area contributed by atoms with Crippen LogP contribution in [-0.2, 0) is 11.0 Å². The van der Waals surface area contributed by atoms with Gasteiger partial charge in [0.25, 0.3) is 0 Å². The van der Waals surface area contributed by atoms with E-state index in [2.05, 4.69) is 9.71 Å². The number of hydrogen-bond donors (Lipinski definition) is 1. The molecule has 0 bridgehead atoms. The summed E-state index contributed by atoms with van der Waals surface area (Å²) in [5.74, 6) is 0.516. The van der Waals surface area contributed by atoms with Crippen molar-refractivity contribution < 1.29 is 4.21 Å². The molecule has 0 aliphatic carbocycles. The van der Waals surface area contributed by atoms with Crippen molar-refractivity contribution in [3.63, 3.8) is 0 Å². The molecule has 0 amide bonds. The van der Waals surface area contributed by atoms with Crippen LogP contribution in [0.25, 0.3) is 0 Å². The smallest absolute Gasteiger partial charge is 0.144 e. The van der Waals surface area contributed by atoms with Crippen molar-refractivity contribution in [2.24, 2.45) is 10.3 Å². The van der Waals surface area contributed by atoms with E-state index in [9.17, 15) is 4.21 Å². The summed E-state index contributed by atoms with van der Waals surface area (Å²) in [4.78, 5) is 0. The normalized spacial score (nSPS) is 22.8. The van der Waals surface area contributed by atoms with Crippen molar-refractivity contribution in [3.05, 3.63) is 0 Å². The molecule has 1 rings (SSSR count). The van der Waals surface area contributed by atoms with Crippen LogP contribution in [0.3, 0.4) is 0 Å². The molecule has 1 unspecified atom stereocenters. The maximum Gasteiger partial charge on any atom is 0.144 e. The van der Waals surface area contributed by atoms with Crippen LogP contribution in [0.4, 0.5) is 0 Å². The zero-order valence-corrected chi connectivity index (χ0v) is 10.1. The highest BCUT2D eigenvalue weighted by molar-refractivity contribution is 7.85. The lowest BCUT2D eigenvalue weighted by Gasteiger charge is -2.19. The highest BCUT2D eigenvalue weighted by Crippen LogP contribution is 2.14. The summed E-state index contributed by atoms with van der Waals surface area (Å²) in [5.41, 5.74) is 0. The van der Waals surface area contributed by atoms with Crippen LogP contribution in [-0.4, -0.2) is 28.3 Å². The highest BCUT2D eigenvalue weighted by atomic mass is 32.2. The molecule has 1 atom stereocenters. The summed E-state index contributed by atoms with van der Waals surface area (Å²) >= 11 is 0. The lowest BCUT2D eigenvalue weighted by atomic mass is 10.0. The van der Waals surface area contributed by atoms with Crippen LogP contribution in [0.5, 0.6) is 0 Å². The SMILES string of the molecule is CC(C)(C)S(=O)/N=C/C1CCNCC1. The van der Waals surface area contributed by atoms with Crippen LogP contribution >= 0.6 is 0 Å². The van der Waals surface area contributed by atoms with Crippen LogP contribution in [0.15, 0.2) is 4.40 Å². The van der Waals surface area contributed by atoms with Crippen LogP contribution in [0, 0.1) is 5.92 Å². The summed E-state index contributed by atoms with van der Waals surface area (Å²) in [6.45, 7) is 7.95. The first-order valence-corrected chi connectivity index (χ1v) is 6.28. The molecule has 1 aliphatic heterocycles. The number of hydrogen-bond acceptors (Lipinski definition) is 2. The Kier molecular flexibility index (Phi) is 4.26. The van der Waals surface area contributed by atoms with Gasteiger partial charge >= 0.3 is 0 Å². The lowest BCUT2D eigenvalue weighted by molar-refractivity contribution is 0.462. The Morgan fingerprint density at radius 3 is 2.43 bits per heavy atom. The van der Waals surface area contributed by atoms with Gasteiger partial charge < -0.3 is 5.32 Å². The lowest BCUT2D eigenvalue weighted by Crippen LogP contribution is -2.28. The predicted octanol–water partition coefficient (Wildman–Crippen LogP) is 1.52. The molecule has 0 saturated carbocycles. The van der Waals surface area contributed by atoms with Gasteiger partial charge in [-0.1, -0.05) is 0 Å². The van der Waals surface area contributed by atoms with Gasteiger partial charge in [-0.2, -0.15) is 4.40 Å². The summed E-state index contributed by atoms with van der Waals surface area (Å²) in [6.07, 6.45) is 4.12. The molecule has 1 aliphatic rings. The third kappa shape index (κ3) is 3.88. The summed E-state index contributed by atoms with van der Waals surface area (Å²) in [5, 5.41) is 3.30. The highest BCUT2D eigenvalue weighted by Gasteiger charge is 2.19. The van der Waals surface area contributed by atoms with E-state index < -0.39 is 11.0 Å². The van der Waals surface area contributed by atoms with Gasteiger partial charge in [-0.15, -0.1) is 0 Å². The van der Waals surface area contributed by atoms with Crippen LogP contribution < -0.4 is 5.32 Å². The van der Waals surface area contributed by atoms with E-state index >= 15 is 0 Å². The van der Waals surface area contributed by atoms with Crippen molar-refractivity contribution in [2.75, 3.05) is 13.1 Å². The molecule has 3 nitrogen and oxygen atoms in total. The van der Waals surface area contributed by atoms with E-state index in [1.165, 1.54) is 0 Å². The Labute approximate surface area is 89.0 Å². The molecular formula is C10H20N2OS. The first kappa shape index (κ1) is 11.9. The Balaban J connectivity index is 2.42. The standard InChI is InChI=1S/C10H20N2OS/c1-10(2,3)14(13)12-8-9-4-6-11-7-5-9/h8-9,11H,4-7H2,1-3H3/b12-8+. The molecule has 1 saturated heterocycles. The molecule has 4 heteroatoms. The molecule has 14 heavy (non-hydrogen) atoms. The quantitative estimate of drug-likeness (QED) is 0.711. The van der Waals surface area contributed by atoms with Crippen LogP contribution in [0.1, 0.15) is 33.6 Å². The molecular weight excluding hydrogens is 196 g/mol. The van der Waals surface area contributed by atoms with Crippen molar-refractivity contribution >= 4 is 17.2 Å². The maximum atomic E-state index is 11.6. The van der Waals surface area contributed by atoms with Crippen molar-refractivity contribution in [1.29, 1.82) is 0 Å². The van der Waals surface area contributed by atoms with Gasteiger partial charge in [0.15, 0.2) is 0 Å². The predicted molar refractivity (Wildman–Crippen MR) is 62.0 cm³/mol. The Bertz CT molecular complexity index is 227. The Morgan fingerprint density at radius 2 is 1.93 bits per heavy atom. The average molecular weight is 216 g/mol. The second kappa shape index (κ2) is 5.03. The van der Waals surface area contributed by atoms with E-state index in [0.29, 0.717) is 5.92 Å². The first-order valence-electron chi connectivity index (χ1n) is 5.17. The van der Waals surface area contributed by atoms with Crippen molar-refractivity contribution in [2.45, 2.75) is 38.4 Å². The van der Waals surface area contributed by atoms with E-state index in [0.717, 1.165) is 25.9 Å². The fourth-order valence-electron chi connectivity index (χ4n) is 1.29. The van der Waals surface area contributed by atoms with Gasteiger partial charge in [0.2, 0.25) is 0 Å². The fraction of sp³-hybridized carbons (Fsp3) is 0.900. The van der Waals surface area contributed by atoms with E-state index in [1.807, 2.05) is 27.0 Å². The first-order chi connectivity index (χ1) is 6.50. The minimum absolute atomic E-state index is 0.233. The summed E-state index contributed by atoms with van der Waals surface area (Å²) in [6, 6.07) is 0. The van der Waals surface area contributed by atoms with Crippen molar-refractivity contribution in [1.82, 2.24) is 5.32 Å². The Morgan fingerprint density at radius 1 is 1.36 bits per heavy atom. The maximum absolute atomic E-state index is 11.6. The van der Waals surface area contributed by atoms with Gasteiger partial charge in [0.1, 0.15) is 11.0 Å². The molecule has 0 aromatic rings. The molecule has 1 fully saturated rings. The largest absolute Gasteiger partial charge is 0.317 e. The molecule has 0 spiro atoms. The number of nitrogens with one attached hydrogen (secondary N) is 1. The fourth-order valence-corrected chi connectivity index (χ4v) is 1.89.